The highest BCUT2D eigenvalue weighted by atomic mass is 16.5. The number of nitrogens with zero attached hydrogens (tertiary/aromatic N) is 2. The summed E-state index contributed by atoms with van der Waals surface area (Å²) in [6.45, 7) is 2.54. The molecule has 1 heterocycles. The van der Waals surface area contributed by atoms with Crippen molar-refractivity contribution in [1.29, 1.82) is 0 Å². The number of pyridine rings is 1. The molecule has 0 radical (unpaired) electrons. The molecule has 7 heteroatoms. The molecule has 1 saturated carbocycles. The molecule has 190 valence electrons. The van der Waals surface area contributed by atoms with Crippen LogP contribution in [-0.4, -0.2) is 45.1 Å². The standard InChI is InChI=1S/C28H32N2O3.CH2O2/c1-2-3-4-7-19-33-26-11-6-5-10-25(26)28(32)30(24-16-17-24)27(31)22-14-12-21(13-15-22)23-9-8-18-29-20-23;2-1-3/h5-6,8-15,18,20,24,28,32H,2-4,7,16-17,19H2,1H3;1H,(H,2,3). The van der Waals surface area contributed by atoms with E-state index in [9.17, 15) is 9.90 Å². The van der Waals surface area contributed by atoms with Crippen molar-refractivity contribution in [2.45, 2.75) is 57.7 Å². The zero-order chi connectivity index (χ0) is 25.8. The monoisotopic (exact) mass is 490 g/mol. The lowest BCUT2D eigenvalue weighted by Gasteiger charge is -2.29. The Labute approximate surface area is 212 Å². The fourth-order valence-corrected chi connectivity index (χ4v) is 4.00. The summed E-state index contributed by atoms with van der Waals surface area (Å²) in [5.74, 6) is 0.479. The molecule has 1 atom stereocenters. The maximum absolute atomic E-state index is 13.4. The first-order valence-corrected chi connectivity index (χ1v) is 12.4. The molecule has 36 heavy (non-hydrogen) atoms. The Morgan fingerprint density at radius 1 is 1.06 bits per heavy atom. The summed E-state index contributed by atoms with van der Waals surface area (Å²) >= 11 is 0. The summed E-state index contributed by atoms with van der Waals surface area (Å²) < 4.78 is 6.00. The quantitative estimate of drug-likeness (QED) is 0.203. The van der Waals surface area contributed by atoms with Crippen LogP contribution in [0.2, 0.25) is 0 Å². The Morgan fingerprint density at radius 2 is 1.78 bits per heavy atom. The minimum absolute atomic E-state index is 0.0445. The molecule has 2 aromatic carbocycles. The Morgan fingerprint density at radius 3 is 2.42 bits per heavy atom. The first-order valence-electron chi connectivity index (χ1n) is 12.4. The molecule has 0 spiro atoms. The van der Waals surface area contributed by atoms with Gasteiger partial charge in [0.15, 0.2) is 6.23 Å². The van der Waals surface area contributed by atoms with Crippen molar-refractivity contribution in [1.82, 2.24) is 9.88 Å². The predicted octanol–water partition coefficient (Wildman–Crippen LogP) is 5.70. The van der Waals surface area contributed by atoms with Gasteiger partial charge in [-0.2, -0.15) is 0 Å². The summed E-state index contributed by atoms with van der Waals surface area (Å²) in [7, 11) is 0. The summed E-state index contributed by atoms with van der Waals surface area (Å²) in [4.78, 5) is 27.6. The fourth-order valence-electron chi connectivity index (χ4n) is 4.00. The van der Waals surface area contributed by atoms with Gasteiger partial charge in [-0.3, -0.25) is 14.6 Å². The van der Waals surface area contributed by atoms with E-state index in [1.807, 2.05) is 60.7 Å². The van der Waals surface area contributed by atoms with Gasteiger partial charge in [-0.15, -0.1) is 0 Å². The summed E-state index contributed by atoms with van der Waals surface area (Å²) in [6.07, 6.45) is 8.77. The smallest absolute Gasteiger partial charge is 0.290 e. The second kappa shape index (κ2) is 14.0. The minimum Gasteiger partial charge on any atom is -0.493 e. The molecule has 1 unspecified atom stereocenters. The van der Waals surface area contributed by atoms with Crippen LogP contribution >= 0.6 is 0 Å². The molecule has 0 saturated heterocycles. The second-order valence-corrected chi connectivity index (χ2v) is 8.69. The van der Waals surface area contributed by atoms with Crippen LogP contribution in [0.15, 0.2) is 73.1 Å². The third-order valence-electron chi connectivity index (χ3n) is 6.02. The maximum atomic E-state index is 13.4. The van der Waals surface area contributed by atoms with E-state index in [1.54, 1.807) is 17.3 Å². The van der Waals surface area contributed by atoms with Gasteiger partial charge in [0.1, 0.15) is 5.75 Å². The number of aromatic nitrogens is 1. The number of aliphatic hydroxyl groups is 1. The Kier molecular flexibility index (Phi) is 10.5. The van der Waals surface area contributed by atoms with Gasteiger partial charge in [-0.1, -0.05) is 62.6 Å². The molecule has 4 rings (SSSR count). The lowest BCUT2D eigenvalue weighted by molar-refractivity contribution is -0.122. The van der Waals surface area contributed by atoms with Crippen molar-refractivity contribution in [3.8, 4) is 16.9 Å². The summed E-state index contributed by atoms with van der Waals surface area (Å²) in [6, 6.07) is 18.9. The number of unbranched alkanes of at least 4 members (excludes halogenated alkanes) is 3. The zero-order valence-electron chi connectivity index (χ0n) is 20.6. The van der Waals surface area contributed by atoms with Crippen molar-refractivity contribution in [3.63, 3.8) is 0 Å². The number of para-hydroxylation sites is 1. The lowest BCUT2D eigenvalue weighted by atomic mass is 10.0. The molecule has 2 N–H and O–H groups in total. The van der Waals surface area contributed by atoms with Gasteiger partial charge < -0.3 is 19.8 Å². The van der Waals surface area contributed by atoms with Crippen LogP contribution < -0.4 is 4.74 Å². The van der Waals surface area contributed by atoms with E-state index in [2.05, 4.69) is 11.9 Å². The second-order valence-electron chi connectivity index (χ2n) is 8.69. The first kappa shape index (κ1) is 26.9. The van der Waals surface area contributed by atoms with Crippen molar-refractivity contribution in [2.24, 2.45) is 0 Å². The maximum Gasteiger partial charge on any atom is 0.290 e. The van der Waals surface area contributed by atoms with E-state index in [4.69, 9.17) is 14.6 Å². The molecule has 1 fully saturated rings. The Balaban J connectivity index is 0.00000115. The van der Waals surface area contributed by atoms with E-state index >= 15 is 0 Å². The number of ether oxygens (including phenoxy) is 1. The van der Waals surface area contributed by atoms with Gasteiger partial charge in [0.2, 0.25) is 0 Å². The van der Waals surface area contributed by atoms with E-state index < -0.39 is 6.23 Å². The van der Waals surface area contributed by atoms with Crippen LogP contribution in [-0.2, 0) is 4.79 Å². The average Bonchev–Trinajstić information content (AvgIpc) is 3.75. The SMILES string of the molecule is CCCCCCOc1ccccc1C(O)N(C(=O)c1ccc(-c2cccnc2)cc1)C1CC1.O=CO. The molecule has 1 aliphatic carbocycles. The number of carbonyl (C=O) groups excluding carboxylic acids is 1. The van der Waals surface area contributed by atoms with Crippen LogP contribution in [0.5, 0.6) is 5.75 Å². The third kappa shape index (κ3) is 7.39. The van der Waals surface area contributed by atoms with E-state index in [1.165, 1.54) is 12.8 Å². The van der Waals surface area contributed by atoms with E-state index in [0.29, 0.717) is 23.5 Å². The molecule has 1 aromatic heterocycles. The van der Waals surface area contributed by atoms with Crippen molar-refractivity contribution in [3.05, 3.63) is 84.2 Å². The number of benzene rings is 2. The van der Waals surface area contributed by atoms with Gasteiger partial charge in [0.25, 0.3) is 12.4 Å². The first-order chi connectivity index (χ1) is 17.6. The molecule has 1 amide bonds. The van der Waals surface area contributed by atoms with E-state index in [-0.39, 0.29) is 18.4 Å². The molecular weight excluding hydrogens is 456 g/mol. The number of aliphatic hydroxyl groups excluding tert-OH is 1. The van der Waals surface area contributed by atoms with Crippen LogP contribution in [0.1, 0.15) is 67.6 Å². The topological polar surface area (TPSA) is 100.0 Å². The van der Waals surface area contributed by atoms with Crippen LogP contribution in [0.25, 0.3) is 11.1 Å². The predicted molar refractivity (Wildman–Crippen MR) is 139 cm³/mol. The van der Waals surface area contributed by atoms with Crippen LogP contribution in [0, 0.1) is 0 Å². The van der Waals surface area contributed by atoms with Crippen LogP contribution in [0.4, 0.5) is 0 Å². The molecule has 3 aromatic rings. The van der Waals surface area contributed by atoms with E-state index in [0.717, 1.165) is 36.8 Å². The molecule has 7 nitrogen and oxygen atoms in total. The molecule has 0 bridgehead atoms. The minimum atomic E-state index is -1.05. The van der Waals surface area contributed by atoms with Crippen molar-refractivity contribution in [2.75, 3.05) is 6.61 Å². The molecular formula is C29H34N2O5. The van der Waals surface area contributed by atoms with Gasteiger partial charge >= 0.3 is 0 Å². The normalized spacial score (nSPS) is 13.2. The Bertz CT molecular complexity index is 1080. The number of amides is 1. The highest BCUT2D eigenvalue weighted by Crippen LogP contribution is 2.37. The lowest BCUT2D eigenvalue weighted by Crippen LogP contribution is -2.37. The molecule has 0 aliphatic heterocycles. The van der Waals surface area contributed by atoms with Gasteiger partial charge in [-0.05, 0) is 54.7 Å². The summed E-state index contributed by atoms with van der Waals surface area (Å²) in [5.41, 5.74) is 3.20. The fraction of sp³-hybridized carbons (Fsp3) is 0.345. The van der Waals surface area contributed by atoms with Gasteiger partial charge in [0, 0.05) is 29.6 Å². The summed E-state index contributed by atoms with van der Waals surface area (Å²) in [5, 5.41) is 18.2. The van der Waals surface area contributed by atoms with Gasteiger partial charge in [-0.25, -0.2) is 0 Å². The number of hydrogen-bond donors (Lipinski definition) is 2. The largest absolute Gasteiger partial charge is 0.493 e. The third-order valence-corrected chi connectivity index (χ3v) is 6.02. The van der Waals surface area contributed by atoms with Crippen molar-refractivity contribution >= 4 is 12.4 Å². The average molecular weight is 491 g/mol. The van der Waals surface area contributed by atoms with Crippen molar-refractivity contribution < 1.29 is 24.5 Å². The Hall–Kier alpha value is -3.71. The number of hydrogen-bond acceptors (Lipinski definition) is 5. The number of carboxylic acid groups (broad SMARTS) is 1. The van der Waals surface area contributed by atoms with Gasteiger partial charge in [0.05, 0.1) is 6.61 Å². The highest BCUT2D eigenvalue weighted by Gasteiger charge is 2.38. The molecule has 1 aliphatic rings. The van der Waals surface area contributed by atoms with Crippen LogP contribution in [0.3, 0.4) is 0 Å². The zero-order valence-corrected chi connectivity index (χ0v) is 20.6. The highest BCUT2D eigenvalue weighted by molar-refractivity contribution is 5.95. The number of carbonyl (C=O) groups is 2. The number of rotatable bonds is 11.